The number of halogens is 2. The van der Waals surface area contributed by atoms with Gasteiger partial charge in [-0.25, -0.2) is 0 Å². The SMILES string of the molecule is Brc1c2ccccc2c(-c2ccccc2)c2ccccc12.COc1ccc2cc(-c3c4ccccc4c(-c4ccccc4)c4ccccc34)ccc2c1.COc1ccc2cc(Br)ccc2c1.[H-].[H-].[Mg+2]. The monoisotopic (exact) mass is 1000 g/mol. The van der Waals surface area contributed by atoms with Crippen LogP contribution in [0.15, 0.2) is 239 Å². The van der Waals surface area contributed by atoms with Crippen LogP contribution in [-0.2, 0) is 0 Å². The predicted octanol–water partition coefficient (Wildman–Crippen LogP) is 18.4. The predicted molar refractivity (Wildman–Crippen MR) is 297 cm³/mol. The van der Waals surface area contributed by atoms with Crippen molar-refractivity contribution >= 4 is 120 Å². The third-order valence-electron chi connectivity index (χ3n) is 12.3. The number of fused-ring (bicyclic) bond motifs is 6. The number of hydrogen-bond donors (Lipinski definition) is 0. The Morgan fingerprint density at radius 1 is 0.299 bits per heavy atom. The summed E-state index contributed by atoms with van der Waals surface area (Å²) in [7, 11) is 3.39. The molecule has 0 aliphatic heterocycles. The van der Waals surface area contributed by atoms with E-state index in [1.165, 1.54) is 102 Å². The first kappa shape index (κ1) is 45.7. The largest absolute Gasteiger partial charge is 2.00 e. The second-order valence-corrected chi connectivity index (χ2v) is 17.8. The molecule has 12 rings (SSSR count). The van der Waals surface area contributed by atoms with Crippen LogP contribution in [0.4, 0.5) is 0 Å². The molecule has 5 heteroatoms. The second kappa shape index (κ2) is 20.6. The maximum atomic E-state index is 5.41. The summed E-state index contributed by atoms with van der Waals surface area (Å²) < 4.78 is 12.8. The summed E-state index contributed by atoms with van der Waals surface area (Å²) in [6, 6.07) is 81.3. The molecule has 0 atom stereocenters. The second-order valence-electron chi connectivity index (χ2n) is 16.1. The fourth-order valence-electron chi connectivity index (χ4n) is 9.17. The molecule has 0 amide bonds. The Kier molecular flexibility index (Phi) is 14.0. The summed E-state index contributed by atoms with van der Waals surface area (Å²) in [5.41, 5.74) is 7.63. The zero-order valence-corrected chi connectivity index (χ0v) is 41.8. The Labute approximate surface area is 427 Å². The van der Waals surface area contributed by atoms with E-state index in [0.717, 1.165) is 16.0 Å². The molecule has 0 radical (unpaired) electrons. The Morgan fingerprint density at radius 2 is 0.612 bits per heavy atom. The minimum atomic E-state index is 0. The molecule has 0 aliphatic rings. The standard InChI is InChI=1S/C31H22O.C20H13Br.C11H9BrO.Mg.2H/c1-32-25-18-17-22-19-24(16-15-23(22)20-25)31-28-13-7-5-11-26(28)30(21-9-3-2-4-10-21)27-12-6-8-14-29(27)31;21-20-17-12-6-4-10-15(17)19(14-8-2-1-3-9-14)16-11-5-7-13-18(16)20;1-13-11-5-3-8-6-10(12)4-2-9(8)7-11;;;/h2-20H,1H3;1-13H;2-7H,1H3;;;/q;;;+2;2*-1. The van der Waals surface area contributed by atoms with Gasteiger partial charge in [0.1, 0.15) is 11.5 Å². The normalized spacial score (nSPS) is 10.9. The van der Waals surface area contributed by atoms with Gasteiger partial charge in [-0.15, -0.1) is 0 Å². The molecular formula is C62H46Br2MgO2. The van der Waals surface area contributed by atoms with Gasteiger partial charge in [0.2, 0.25) is 0 Å². The van der Waals surface area contributed by atoms with Crippen LogP contribution in [0, 0.1) is 0 Å². The molecule has 322 valence electrons. The summed E-state index contributed by atoms with van der Waals surface area (Å²) in [4.78, 5) is 0. The van der Waals surface area contributed by atoms with E-state index in [1.807, 2.05) is 24.3 Å². The first-order valence-corrected chi connectivity index (χ1v) is 23.5. The van der Waals surface area contributed by atoms with Crippen LogP contribution in [0.1, 0.15) is 2.85 Å². The van der Waals surface area contributed by atoms with E-state index in [-0.39, 0.29) is 25.9 Å². The van der Waals surface area contributed by atoms with Crippen molar-refractivity contribution in [2.45, 2.75) is 0 Å². The van der Waals surface area contributed by atoms with E-state index in [9.17, 15) is 0 Å². The molecule has 0 saturated carbocycles. The maximum absolute atomic E-state index is 5.41. The van der Waals surface area contributed by atoms with Gasteiger partial charge in [0.15, 0.2) is 0 Å². The minimum Gasteiger partial charge on any atom is -1.00 e. The van der Waals surface area contributed by atoms with Crippen molar-refractivity contribution in [3.63, 3.8) is 0 Å². The van der Waals surface area contributed by atoms with Gasteiger partial charge in [-0.3, -0.25) is 0 Å². The summed E-state index contributed by atoms with van der Waals surface area (Å²) in [6.45, 7) is 0. The van der Waals surface area contributed by atoms with E-state index < -0.39 is 0 Å². The van der Waals surface area contributed by atoms with Crippen LogP contribution in [0.3, 0.4) is 0 Å². The van der Waals surface area contributed by atoms with Crippen molar-refractivity contribution in [3.8, 4) is 44.9 Å². The fourth-order valence-corrected chi connectivity index (χ4v) is 10.2. The molecule has 2 nitrogen and oxygen atoms in total. The van der Waals surface area contributed by atoms with Crippen molar-refractivity contribution in [2.75, 3.05) is 14.2 Å². The molecule has 0 unspecified atom stereocenters. The van der Waals surface area contributed by atoms with Gasteiger partial charge in [-0.1, -0.05) is 204 Å². The van der Waals surface area contributed by atoms with Crippen molar-refractivity contribution in [3.05, 3.63) is 239 Å². The molecule has 0 fully saturated rings. The Bertz CT molecular complexity index is 3600. The Hall–Kier alpha value is -6.47. The van der Waals surface area contributed by atoms with Crippen LogP contribution < -0.4 is 9.47 Å². The molecule has 0 spiro atoms. The molecular weight excluding hydrogens is 961 g/mol. The maximum Gasteiger partial charge on any atom is 2.00 e. The van der Waals surface area contributed by atoms with E-state index in [2.05, 4.69) is 238 Å². The number of rotatable bonds is 5. The van der Waals surface area contributed by atoms with Gasteiger partial charge < -0.3 is 12.3 Å². The van der Waals surface area contributed by atoms with Crippen LogP contribution >= 0.6 is 31.9 Å². The van der Waals surface area contributed by atoms with Crippen LogP contribution in [0.2, 0.25) is 0 Å². The van der Waals surface area contributed by atoms with Crippen LogP contribution in [-0.4, -0.2) is 37.3 Å². The quantitative estimate of drug-likeness (QED) is 0.126. The van der Waals surface area contributed by atoms with E-state index in [4.69, 9.17) is 9.47 Å². The van der Waals surface area contributed by atoms with Gasteiger partial charge in [-0.2, -0.15) is 0 Å². The van der Waals surface area contributed by atoms with Crippen molar-refractivity contribution in [1.29, 1.82) is 0 Å². The first-order valence-electron chi connectivity index (χ1n) is 21.9. The summed E-state index contributed by atoms with van der Waals surface area (Å²) >= 11 is 7.23. The van der Waals surface area contributed by atoms with Gasteiger partial charge in [0.05, 0.1) is 14.2 Å². The molecule has 67 heavy (non-hydrogen) atoms. The van der Waals surface area contributed by atoms with Gasteiger partial charge in [0, 0.05) is 8.95 Å². The van der Waals surface area contributed by atoms with E-state index in [1.54, 1.807) is 14.2 Å². The average Bonchev–Trinajstić information content (AvgIpc) is 3.38. The average molecular weight is 1010 g/mol. The Balaban J connectivity index is 0.000000164. The van der Waals surface area contributed by atoms with Crippen LogP contribution in [0.25, 0.3) is 98.0 Å². The number of ether oxygens (including phenoxy) is 2. The molecule has 0 bridgehead atoms. The first-order chi connectivity index (χ1) is 32.5. The van der Waals surface area contributed by atoms with Crippen molar-refractivity contribution < 1.29 is 12.3 Å². The zero-order valence-electron chi connectivity index (χ0n) is 39.2. The van der Waals surface area contributed by atoms with Crippen molar-refractivity contribution in [2.24, 2.45) is 0 Å². The van der Waals surface area contributed by atoms with Crippen LogP contribution in [0.5, 0.6) is 11.5 Å². The zero-order chi connectivity index (χ0) is 45.0. The van der Waals surface area contributed by atoms with Gasteiger partial charge in [0.25, 0.3) is 0 Å². The molecule has 0 saturated heterocycles. The van der Waals surface area contributed by atoms with Gasteiger partial charge >= 0.3 is 23.1 Å². The third-order valence-corrected chi connectivity index (χ3v) is 13.6. The molecule has 12 aromatic rings. The molecule has 0 aliphatic carbocycles. The minimum absolute atomic E-state index is 0. The van der Waals surface area contributed by atoms with Crippen molar-refractivity contribution in [1.82, 2.24) is 0 Å². The smallest absolute Gasteiger partial charge is 1.00 e. The number of benzene rings is 12. The third kappa shape index (κ3) is 9.30. The summed E-state index contributed by atoms with van der Waals surface area (Å²) in [6.07, 6.45) is 0. The molecule has 0 heterocycles. The number of methoxy groups -OCH3 is 2. The fraction of sp³-hybridized carbons (Fsp3) is 0.0323. The van der Waals surface area contributed by atoms with E-state index >= 15 is 0 Å². The molecule has 12 aromatic carbocycles. The molecule has 0 N–H and O–H groups in total. The molecule has 0 aromatic heterocycles. The van der Waals surface area contributed by atoms with E-state index in [0.29, 0.717) is 0 Å². The summed E-state index contributed by atoms with van der Waals surface area (Å²) in [5, 5.41) is 15.0. The topological polar surface area (TPSA) is 18.5 Å². The Morgan fingerprint density at radius 3 is 1.03 bits per heavy atom. The number of hydrogen-bond acceptors (Lipinski definition) is 2. The van der Waals surface area contributed by atoms with Gasteiger partial charge in [-0.05, 0) is 156 Å². The summed E-state index contributed by atoms with van der Waals surface area (Å²) in [5.74, 6) is 1.78.